The maximum atomic E-state index is 13.0. The van der Waals surface area contributed by atoms with Gasteiger partial charge in [-0.05, 0) is 43.5 Å². The number of fused-ring (bicyclic) bond motifs is 1. The molecule has 0 aliphatic carbocycles. The minimum atomic E-state index is -0.568. The van der Waals surface area contributed by atoms with Crippen LogP contribution in [0.15, 0.2) is 95.5 Å². The zero-order valence-electron chi connectivity index (χ0n) is 19.3. The third-order valence-corrected chi connectivity index (χ3v) is 5.97. The number of para-hydroxylation sites is 1. The van der Waals surface area contributed by atoms with Gasteiger partial charge in [0, 0.05) is 24.2 Å². The topological polar surface area (TPSA) is 41.9 Å². The summed E-state index contributed by atoms with van der Waals surface area (Å²) < 4.78 is 5.70. The third kappa shape index (κ3) is 4.27. The van der Waals surface area contributed by atoms with Gasteiger partial charge in [-0.15, -0.1) is 0 Å². The Kier molecular flexibility index (Phi) is 5.47. The smallest absolute Gasteiger partial charge is 0.358 e. The van der Waals surface area contributed by atoms with Gasteiger partial charge < -0.3 is 4.74 Å². The minimum absolute atomic E-state index is 0.162. The predicted molar refractivity (Wildman–Crippen MR) is 133 cm³/mol. The van der Waals surface area contributed by atoms with E-state index in [4.69, 9.17) is 4.74 Å². The predicted octanol–water partition coefficient (Wildman–Crippen LogP) is 5.97. The molecule has 33 heavy (non-hydrogen) atoms. The lowest BCUT2D eigenvalue weighted by atomic mass is 9.88. The normalized spacial score (nSPS) is 15.8. The molecule has 0 spiro atoms. The van der Waals surface area contributed by atoms with E-state index in [1.165, 1.54) is 16.7 Å². The quantitative estimate of drug-likeness (QED) is 0.473. The first kappa shape index (κ1) is 21.4. The summed E-state index contributed by atoms with van der Waals surface area (Å²) in [5, 5.41) is 0. The van der Waals surface area contributed by atoms with E-state index in [-0.39, 0.29) is 12.0 Å². The highest BCUT2D eigenvalue weighted by atomic mass is 16.6. The number of carbonyl (C=O) groups is 1. The number of nitrogens with zero attached hydrogens (tertiary/aromatic N) is 2. The number of aliphatic imine (C=N–C) groups is 1. The number of likely N-dealkylation sites (tertiary alicyclic amines) is 1. The number of ether oxygens (including phenoxy) is 1. The van der Waals surface area contributed by atoms with Crippen molar-refractivity contribution in [3.05, 3.63) is 107 Å². The second-order valence-corrected chi connectivity index (χ2v) is 9.59. The van der Waals surface area contributed by atoms with Crippen LogP contribution in [0.1, 0.15) is 43.5 Å². The summed E-state index contributed by atoms with van der Waals surface area (Å²) in [6, 6.07) is 29.3. The SMILES string of the molecule is CC(C)(C)OC(=O)C1=Nc2ccccc2C1=C1CN(C(c2ccccc2)c2ccccc2)C1. The van der Waals surface area contributed by atoms with Crippen LogP contribution < -0.4 is 0 Å². The zero-order valence-corrected chi connectivity index (χ0v) is 19.3. The van der Waals surface area contributed by atoms with Gasteiger partial charge in [0.15, 0.2) is 5.71 Å². The number of hydrogen-bond acceptors (Lipinski definition) is 4. The second-order valence-electron chi connectivity index (χ2n) is 9.59. The highest BCUT2D eigenvalue weighted by Crippen LogP contribution is 2.42. The molecule has 0 atom stereocenters. The lowest BCUT2D eigenvalue weighted by molar-refractivity contribution is -0.145. The van der Waals surface area contributed by atoms with Gasteiger partial charge in [0.2, 0.25) is 0 Å². The van der Waals surface area contributed by atoms with E-state index in [9.17, 15) is 4.79 Å². The molecular weight excluding hydrogens is 408 g/mol. The molecule has 2 aliphatic rings. The maximum Gasteiger partial charge on any atom is 0.358 e. The van der Waals surface area contributed by atoms with Crippen LogP contribution in [0.5, 0.6) is 0 Å². The first-order valence-corrected chi connectivity index (χ1v) is 11.4. The van der Waals surface area contributed by atoms with Crippen LogP contribution in [0.3, 0.4) is 0 Å². The summed E-state index contributed by atoms with van der Waals surface area (Å²) in [7, 11) is 0. The van der Waals surface area contributed by atoms with Crippen molar-refractivity contribution < 1.29 is 9.53 Å². The lowest BCUT2D eigenvalue weighted by Gasteiger charge is -2.42. The van der Waals surface area contributed by atoms with E-state index >= 15 is 0 Å². The van der Waals surface area contributed by atoms with Crippen LogP contribution >= 0.6 is 0 Å². The summed E-state index contributed by atoms with van der Waals surface area (Å²) in [4.78, 5) is 20.2. The summed E-state index contributed by atoms with van der Waals surface area (Å²) in [5.74, 6) is -0.359. The van der Waals surface area contributed by atoms with Gasteiger partial charge in [-0.3, -0.25) is 4.90 Å². The molecule has 0 N–H and O–H groups in total. The highest BCUT2D eigenvalue weighted by Gasteiger charge is 2.38. The van der Waals surface area contributed by atoms with Crippen LogP contribution in [-0.2, 0) is 9.53 Å². The van der Waals surface area contributed by atoms with Gasteiger partial charge in [0.25, 0.3) is 0 Å². The molecule has 3 aromatic rings. The third-order valence-electron chi connectivity index (χ3n) is 5.97. The molecule has 0 amide bonds. The largest absolute Gasteiger partial charge is 0.455 e. The monoisotopic (exact) mass is 436 g/mol. The lowest BCUT2D eigenvalue weighted by Crippen LogP contribution is -2.44. The highest BCUT2D eigenvalue weighted by molar-refractivity contribution is 6.57. The summed E-state index contributed by atoms with van der Waals surface area (Å²) >= 11 is 0. The molecule has 0 unspecified atom stereocenters. The van der Waals surface area contributed by atoms with Crippen molar-refractivity contribution in [3.63, 3.8) is 0 Å². The Balaban J connectivity index is 1.49. The van der Waals surface area contributed by atoms with Crippen molar-refractivity contribution in [1.29, 1.82) is 0 Å². The molecule has 2 aliphatic heterocycles. The minimum Gasteiger partial charge on any atom is -0.455 e. The Morgan fingerprint density at radius 1 is 0.848 bits per heavy atom. The van der Waals surface area contributed by atoms with Crippen LogP contribution in [0.25, 0.3) is 5.57 Å². The van der Waals surface area contributed by atoms with Crippen molar-refractivity contribution in [1.82, 2.24) is 4.90 Å². The molecule has 0 bridgehead atoms. The standard InChI is InChI=1S/C29H28N2O2/c1-29(2,3)33-28(32)26-25(23-16-10-11-17-24(23)30-26)22-18-31(19-22)27(20-12-6-4-7-13-20)21-14-8-5-9-15-21/h4-17,27H,18-19H2,1-3H3. The Morgan fingerprint density at radius 2 is 1.39 bits per heavy atom. The molecule has 0 saturated carbocycles. The van der Waals surface area contributed by atoms with E-state index < -0.39 is 5.60 Å². The molecule has 1 fully saturated rings. The Morgan fingerprint density at radius 3 is 1.97 bits per heavy atom. The summed E-state index contributed by atoms with van der Waals surface area (Å²) in [5.41, 5.74) is 6.41. The molecular formula is C29H28N2O2. The van der Waals surface area contributed by atoms with E-state index in [1.54, 1.807) is 0 Å². The Hall–Kier alpha value is -3.50. The summed E-state index contributed by atoms with van der Waals surface area (Å²) in [6.07, 6.45) is 0. The summed E-state index contributed by atoms with van der Waals surface area (Å²) in [6.45, 7) is 7.21. The average molecular weight is 437 g/mol. The van der Waals surface area contributed by atoms with Crippen LogP contribution in [0.4, 0.5) is 5.69 Å². The van der Waals surface area contributed by atoms with E-state index in [0.717, 1.165) is 29.9 Å². The second kappa shape index (κ2) is 8.45. The molecule has 166 valence electrons. The zero-order chi connectivity index (χ0) is 23.0. The Labute approximate surface area is 195 Å². The van der Waals surface area contributed by atoms with Gasteiger partial charge in [0.1, 0.15) is 5.60 Å². The number of benzene rings is 3. The fourth-order valence-corrected chi connectivity index (χ4v) is 4.59. The molecule has 0 aromatic heterocycles. The number of hydrogen-bond donors (Lipinski definition) is 0. The molecule has 0 radical (unpaired) electrons. The van der Waals surface area contributed by atoms with E-state index in [0.29, 0.717) is 5.71 Å². The van der Waals surface area contributed by atoms with Crippen molar-refractivity contribution in [2.75, 3.05) is 13.1 Å². The molecule has 4 heteroatoms. The van der Waals surface area contributed by atoms with E-state index in [1.807, 2.05) is 57.2 Å². The van der Waals surface area contributed by atoms with Crippen LogP contribution in [-0.4, -0.2) is 35.3 Å². The average Bonchev–Trinajstić information content (AvgIpc) is 3.15. The van der Waals surface area contributed by atoms with Gasteiger partial charge in [-0.25, -0.2) is 9.79 Å². The van der Waals surface area contributed by atoms with Gasteiger partial charge in [0.05, 0.1) is 11.7 Å². The van der Waals surface area contributed by atoms with Crippen molar-refractivity contribution in [2.24, 2.45) is 4.99 Å². The van der Waals surface area contributed by atoms with Gasteiger partial charge >= 0.3 is 5.97 Å². The van der Waals surface area contributed by atoms with Crippen molar-refractivity contribution in [2.45, 2.75) is 32.4 Å². The van der Waals surface area contributed by atoms with Crippen LogP contribution in [0.2, 0.25) is 0 Å². The molecule has 3 aromatic carbocycles. The molecule has 1 saturated heterocycles. The van der Waals surface area contributed by atoms with Crippen LogP contribution in [0, 0.1) is 0 Å². The molecule has 5 rings (SSSR count). The van der Waals surface area contributed by atoms with E-state index in [2.05, 4.69) is 58.4 Å². The Bertz CT molecular complexity index is 1190. The molecule has 2 heterocycles. The molecule has 4 nitrogen and oxygen atoms in total. The first-order chi connectivity index (χ1) is 15.9. The number of carbonyl (C=O) groups excluding carboxylic acids is 1. The fourth-order valence-electron chi connectivity index (χ4n) is 4.59. The maximum absolute atomic E-state index is 13.0. The van der Waals surface area contributed by atoms with Gasteiger partial charge in [-0.1, -0.05) is 78.9 Å². The number of esters is 1. The van der Waals surface area contributed by atoms with Gasteiger partial charge in [-0.2, -0.15) is 0 Å². The fraction of sp³-hybridized carbons (Fsp3) is 0.241. The van der Waals surface area contributed by atoms with Crippen molar-refractivity contribution in [3.8, 4) is 0 Å². The van der Waals surface area contributed by atoms with Crippen molar-refractivity contribution >= 4 is 22.9 Å². The number of rotatable bonds is 4. The first-order valence-electron chi connectivity index (χ1n) is 11.4.